The van der Waals surface area contributed by atoms with E-state index in [0.717, 1.165) is 0 Å². The highest BCUT2D eigenvalue weighted by Gasteiger charge is 2.23. The Balaban J connectivity index is 2.82. The first-order valence-corrected chi connectivity index (χ1v) is 5.60. The van der Waals surface area contributed by atoms with Crippen LogP contribution < -0.4 is 4.74 Å². The highest BCUT2D eigenvalue weighted by molar-refractivity contribution is 5.88. The largest absolute Gasteiger partial charge is 0.497 e. The summed E-state index contributed by atoms with van der Waals surface area (Å²) in [5, 5.41) is 10.2. The van der Waals surface area contributed by atoms with E-state index in [4.69, 9.17) is 4.74 Å². The number of hydrogen-bond acceptors (Lipinski definition) is 4. The number of aliphatic hydroxyl groups is 1. The molecule has 0 aromatic heterocycles. The average Bonchev–Trinajstić information content (AvgIpc) is 2.44. The van der Waals surface area contributed by atoms with Crippen LogP contribution in [0.2, 0.25) is 0 Å². The topological polar surface area (TPSA) is 55.8 Å². The first kappa shape index (κ1) is 14.3. The quantitative estimate of drug-likeness (QED) is 0.642. The minimum atomic E-state index is -0.803. The summed E-state index contributed by atoms with van der Waals surface area (Å²) in [6.07, 6.45) is -0.803. The molecule has 18 heavy (non-hydrogen) atoms. The molecule has 4 nitrogen and oxygen atoms in total. The standard InChI is InChI=1S/C14H18O4/c1-9(10(2)14(16)18-4)13(15)11-5-7-12(17-3)8-6-11/h5-9,13,15H,2H2,1,3-4H3/t9-,13+/m1/s1. The number of esters is 1. The maximum Gasteiger partial charge on any atom is 0.333 e. The fourth-order valence-corrected chi connectivity index (χ4v) is 1.60. The molecule has 1 N–H and O–H groups in total. The van der Waals surface area contributed by atoms with E-state index >= 15 is 0 Å². The van der Waals surface area contributed by atoms with Crippen molar-refractivity contribution in [3.05, 3.63) is 42.0 Å². The number of ether oxygens (including phenoxy) is 2. The Bertz CT molecular complexity index is 422. The number of carbonyl (C=O) groups is 1. The zero-order valence-electron chi connectivity index (χ0n) is 10.8. The molecule has 0 spiro atoms. The number of benzene rings is 1. The summed E-state index contributed by atoms with van der Waals surface area (Å²) in [6, 6.07) is 7.02. The van der Waals surface area contributed by atoms with Gasteiger partial charge in [-0.15, -0.1) is 0 Å². The summed E-state index contributed by atoms with van der Waals surface area (Å²) >= 11 is 0. The van der Waals surface area contributed by atoms with Gasteiger partial charge < -0.3 is 14.6 Å². The van der Waals surface area contributed by atoms with Crippen molar-refractivity contribution >= 4 is 5.97 Å². The molecule has 0 aliphatic heterocycles. The third-order valence-electron chi connectivity index (χ3n) is 2.93. The number of rotatable bonds is 5. The fraction of sp³-hybridized carbons (Fsp3) is 0.357. The molecule has 1 aromatic carbocycles. The summed E-state index contributed by atoms with van der Waals surface area (Å²) in [5.74, 6) is -0.202. The lowest BCUT2D eigenvalue weighted by molar-refractivity contribution is -0.137. The Kier molecular flexibility index (Phi) is 4.92. The first-order valence-electron chi connectivity index (χ1n) is 5.60. The van der Waals surface area contributed by atoms with E-state index < -0.39 is 18.0 Å². The van der Waals surface area contributed by atoms with Crippen molar-refractivity contribution in [3.8, 4) is 5.75 Å². The molecule has 0 bridgehead atoms. The van der Waals surface area contributed by atoms with Crippen LogP contribution in [-0.4, -0.2) is 25.3 Å². The Labute approximate surface area is 107 Å². The minimum Gasteiger partial charge on any atom is -0.497 e. The van der Waals surface area contributed by atoms with Gasteiger partial charge >= 0.3 is 5.97 Å². The number of aliphatic hydroxyl groups excluding tert-OH is 1. The van der Waals surface area contributed by atoms with Gasteiger partial charge in [-0.05, 0) is 17.7 Å². The lowest BCUT2D eigenvalue weighted by Crippen LogP contribution is -2.18. The van der Waals surface area contributed by atoms with Crippen LogP contribution in [0.15, 0.2) is 36.4 Å². The third kappa shape index (κ3) is 3.11. The summed E-state index contributed by atoms with van der Waals surface area (Å²) in [7, 11) is 2.87. The van der Waals surface area contributed by atoms with Crippen LogP contribution in [-0.2, 0) is 9.53 Å². The Morgan fingerprint density at radius 2 is 1.83 bits per heavy atom. The molecule has 4 heteroatoms. The molecule has 0 fully saturated rings. The van der Waals surface area contributed by atoms with Crippen molar-refractivity contribution in [1.82, 2.24) is 0 Å². The highest BCUT2D eigenvalue weighted by atomic mass is 16.5. The van der Waals surface area contributed by atoms with Gasteiger partial charge in [0, 0.05) is 11.5 Å². The number of carbonyl (C=O) groups excluding carboxylic acids is 1. The number of methoxy groups -OCH3 is 2. The van der Waals surface area contributed by atoms with Crippen molar-refractivity contribution in [2.24, 2.45) is 5.92 Å². The molecular weight excluding hydrogens is 232 g/mol. The van der Waals surface area contributed by atoms with E-state index in [1.165, 1.54) is 7.11 Å². The van der Waals surface area contributed by atoms with Gasteiger partial charge in [0.15, 0.2) is 0 Å². The molecule has 0 unspecified atom stereocenters. The van der Waals surface area contributed by atoms with Gasteiger partial charge in [0.05, 0.1) is 20.3 Å². The highest BCUT2D eigenvalue weighted by Crippen LogP contribution is 2.28. The van der Waals surface area contributed by atoms with E-state index in [1.807, 2.05) is 0 Å². The van der Waals surface area contributed by atoms with Gasteiger partial charge in [-0.25, -0.2) is 4.79 Å². The first-order chi connectivity index (χ1) is 8.51. The van der Waals surface area contributed by atoms with Gasteiger partial charge in [-0.2, -0.15) is 0 Å². The zero-order chi connectivity index (χ0) is 13.7. The van der Waals surface area contributed by atoms with Crippen molar-refractivity contribution in [1.29, 1.82) is 0 Å². The zero-order valence-corrected chi connectivity index (χ0v) is 10.8. The van der Waals surface area contributed by atoms with Crippen LogP contribution in [0, 0.1) is 5.92 Å². The van der Waals surface area contributed by atoms with Gasteiger partial charge in [0.1, 0.15) is 5.75 Å². The van der Waals surface area contributed by atoms with Crippen LogP contribution in [0.25, 0.3) is 0 Å². The Morgan fingerprint density at radius 3 is 2.28 bits per heavy atom. The van der Waals surface area contributed by atoms with E-state index in [9.17, 15) is 9.90 Å². The second-order valence-corrected chi connectivity index (χ2v) is 4.02. The molecular formula is C14H18O4. The van der Waals surface area contributed by atoms with E-state index in [-0.39, 0.29) is 5.57 Å². The van der Waals surface area contributed by atoms with Crippen LogP contribution in [0.1, 0.15) is 18.6 Å². The Morgan fingerprint density at radius 1 is 1.28 bits per heavy atom. The van der Waals surface area contributed by atoms with E-state index in [2.05, 4.69) is 11.3 Å². The monoisotopic (exact) mass is 250 g/mol. The average molecular weight is 250 g/mol. The Hall–Kier alpha value is -1.81. The lowest BCUT2D eigenvalue weighted by Gasteiger charge is -2.20. The molecule has 0 saturated carbocycles. The summed E-state index contributed by atoms with van der Waals surface area (Å²) < 4.78 is 9.63. The molecule has 0 amide bonds. The molecule has 1 rings (SSSR count). The van der Waals surface area contributed by atoms with Gasteiger partial charge in [-0.3, -0.25) is 0 Å². The molecule has 0 aliphatic rings. The third-order valence-corrected chi connectivity index (χ3v) is 2.93. The van der Waals surface area contributed by atoms with Gasteiger partial charge in [0.25, 0.3) is 0 Å². The van der Waals surface area contributed by atoms with E-state index in [0.29, 0.717) is 11.3 Å². The predicted octanol–water partition coefficient (Wildman–Crippen LogP) is 2.09. The molecule has 0 heterocycles. The number of hydrogen-bond donors (Lipinski definition) is 1. The normalized spacial score (nSPS) is 13.6. The summed E-state index contributed by atoms with van der Waals surface area (Å²) in [5.41, 5.74) is 0.953. The maximum absolute atomic E-state index is 11.3. The summed E-state index contributed by atoms with van der Waals surface area (Å²) in [4.78, 5) is 11.3. The van der Waals surface area contributed by atoms with Crippen LogP contribution >= 0.6 is 0 Å². The minimum absolute atomic E-state index is 0.251. The van der Waals surface area contributed by atoms with Crippen molar-refractivity contribution in [2.45, 2.75) is 13.0 Å². The molecule has 98 valence electrons. The summed E-state index contributed by atoms with van der Waals surface area (Å²) in [6.45, 7) is 5.38. The molecule has 0 saturated heterocycles. The van der Waals surface area contributed by atoms with Crippen LogP contribution in [0.5, 0.6) is 5.75 Å². The molecule has 0 aliphatic carbocycles. The smallest absolute Gasteiger partial charge is 0.333 e. The molecule has 0 radical (unpaired) electrons. The van der Waals surface area contributed by atoms with Crippen molar-refractivity contribution in [3.63, 3.8) is 0 Å². The second kappa shape index (κ2) is 6.21. The fourth-order valence-electron chi connectivity index (χ4n) is 1.60. The van der Waals surface area contributed by atoms with Gasteiger partial charge in [0.2, 0.25) is 0 Å². The van der Waals surface area contributed by atoms with Crippen molar-refractivity contribution in [2.75, 3.05) is 14.2 Å². The van der Waals surface area contributed by atoms with Crippen LogP contribution in [0.3, 0.4) is 0 Å². The predicted molar refractivity (Wildman–Crippen MR) is 68.3 cm³/mol. The second-order valence-electron chi connectivity index (χ2n) is 4.02. The van der Waals surface area contributed by atoms with Crippen molar-refractivity contribution < 1.29 is 19.4 Å². The SMILES string of the molecule is C=C(C(=O)OC)[C@@H](C)[C@H](O)c1ccc(OC)cc1. The molecule has 1 aromatic rings. The van der Waals surface area contributed by atoms with E-state index in [1.54, 1.807) is 38.3 Å². The maximum atomic E-state index is 11.3. The lowest BCUT2D eigenvalue weighted by atomic mass is 9.91. The van der Waals surface area contributed by atoms with Gasteiger partial charge in [-0.1, -0.05) is 25.6 Å². The molecule has 2 atom stereocenters. The van der Waals surface area contributed by atoms with Crippen LogP contribution in [0.4, 0.5) is 0 Å².